The molecule has 1 N–H and O–H groups in total. The second-order valence-electron chi connectivity index (χ2n) is 4.24. The van der Waals surface area contributed by atoms with Gasteiger partial charge < -0.3 is 5.32 Å². The Morgan fingerprint density at radius 3 is 2.56 bits per heavy atom. The van der Waals surface area contributed by atoms with Crippen LogP contribution >= 0.6 is 15.9 Å². The van der Waals surface area contributed by atoms with Gasteiger partial charge in [0.1, 0.15) is 11.6 Å². The molecule has 2 nitrogen and oxygen atoms in total. The topological polar surface area (TPSA) is 24.9 Å². The van der Waals surface area contributed by atoms with Gasteiger partial charge in [0, 0.05) is 16.7 Å². The van der Waals surface area contributed by atoms with Crippen molar-refractivity contribution < 1.29 is 4.39 Å². The maximum atomic E-state index is 12.8. The van der Waals surface area contributed by atoms with Crippen molar-refractivity contribution in [3.63, 3.8) is 0 Å². The number of nitrogens with zero attached hydrogens (tertiary/aromatic N) is 1. The van der Waals surface area contributed by atoms with Gasteiger partial charge >= 0.3 is 0 Å². The quantitative estimate of drug-likeness (QED) is 0.905. The van der Waals surface area contributed by atoms with Gasteiger partial charge in [0.2, 0.25) is 0 Å². The molecule has 0 aliphatic carbocycles. The zero-order valence-electron chi connectivity index (χ0n) is 10.2. The normalized spacial score (nSPS) is 12.2. The van der Waals surface area contributed by atoms with Crippen molar-refractivity contribution in [1.82, 2.24) is 4.98 Å². The average Bonchev–Trinajstić information content (AvgIpc) is 2.34. The van der Waals surface area contributed by atoms with Crippen LogP contribution in [0.25, 0.3) is 0 Å². The van der Waals surface area contributed by atoms with Gasteiger partial charge in [-0.15, -0.1) is 0 Å². The molecule has 0 radical (unpaired) electrons. The van der Waals surface area contributed by atoms with E-state index >= 15 is 0 Å². The van der Waals surface area contributed by atoms with Gasteiger partial charge in [-0.05, 0) is 59.1 Å². The Morgan fingerprint density at radius 2 is 1.94 bits per heavy atom. The summed E-state index contributed by atoms with van der Waals surface area (Å²) in [6.45, 7) is 4.03. The highest BCUT2D eigenvalue weighted by molar-refractivity contribution is 9.10. The highest BCUT2D eigenvalue weighted by Gasteiger charge is 2.07. The van der Waals surface area contributed by atoms with E-state index < -0.39 is 0 Å². The van der Waals surface area contributed by atoms with Crippen molar-refractivity contribution in [3.8, 4) is 0 Å². The van der Waals surface area contributed by atoms with Crippen LogP contribution in [0.15, 0.2) is 41.0 Å². The van der Waals surface area contributed by atoms with Crippen LogP contribution in [0.3, 0.4) is 0 Å². The molecule has 0 saturated carbocycles. The summed E-state index contributed by atoms with van der Waals surface area (Å²) < 4.78 is 13.8. The summed E-state index contributed by atoms with van der Waals surface area (Å²) in [7, 11) is 0. The molecule has 1 aromatic carbocycles. The lowest BCUT2D eigenvalue weighted by Gasteiger charge is -2.15. The zero-order valence-corrected chi connectivity index (χ0v) is 11.8. The molecule has 4 heteroatoms. The number of halogens is 2. The minimum atomic E-state index is -0.219. The Bertz CT molecular complexity index is 540. The van der Waals surface area contributed by atoms with Crippen molar-refractivity contribution in [3.05, 3.63) is 57.9 Å². The predicted molar refractivity (Wildman–Crippen MR) is 75.1 cm³/mol. The minimum Gasteiger partial charge on any atom is -0.364 e. The lowest BCUT2D eigenvalue weighted by atomic mass is 10.1. The summed E-state index contributed by atoms with van der Waals surface area (Å²) >= 11 is 3.42. The molecule has 1 heterocycles. The number of benzene rings is 1. The minimum absolute atomic E-state index is 0.0821. The van der Waals surface area contributed by atoms with E-state index in [2.05, 4.69) is 26.2 Å². The molecule has 0 fully saturated rings. The van der Waals surface area contributed by atoms with E-state index in [1.807, 2.05) is 19.9 Å². The summed E-state index contributed by atoms with van der Waals surface area (Å²) in [5.74, 6) is 0.594. The van der Waals surface area contributed by atoms with Gasteiger partial charge in [-0.2, -0.15) is 0 Å². The Kier molecular flexibility index (Phi) is 3.97. The Labute approximate surface area is 114 Å². The van der Waals surface area contributed by atoms with Crippen LogP contribution in [0.4, 0.5) is 10.2 Å². The molecule has 0 amide bonds. The van der Waals surface area contributed by atoms with Crippen LogP contribution in [0.1, 0.15) is 24.1 Å². The van der Waals surface area contributed by atoms with Crippen LogP contribution in [-0.4, -0.2) is 4.98 Å². The van der Waals surface area contributed by atoms with Gasteiger partial charge in [0.05, 0.1) is 0 Å². The highest BCUT2D eigenvalue weighted by atomic mass is 79.9. The number of aryl methyl sites for hydroxylation is 1. The fourth-order valence-electron chi connectivity index (χ4n) is 1.67. The van der Waals surface area contributed by atoms with Gasteiger partial charge in [0.25, 0.3) is 0 Å². The molecule has 0 bridgehead atoms. The van der Waals surface area contributed by atoms with Gasteiger partial charge in [0.15, 0.2) is 0 Å². The molecule has 0 aliphatic heterocycles. The first-order valence-electron chi connectivity index (χ1n) is 5.70. The molecule has 1 atom stereocenters. The van der Waals surface area contributed by atoms with Crippen molar-refractivity contribution in [2.75, 3.05) is 5.32 Å². The number of rotatable bonds is 3. The fraction of sp³-hybridized carbons (Fsp3) is 0.214. The molecule has 0 saturated heterocycles. The number of pyridine rings is 1. The van der Waals surface area contributed by atoms with Crippen LogP contribution in [0.2, 0.25) is 0 Å². The van der Waals surface area contributed by atoms with Crippen LogP contribution < -0.4 is 5.32 Å². The number of hydrogen-bond donors (Lipinski definition) is 1. The van der Waals surface area contributed by atoms with E-state index in [1.54, 1.807) is 18.3 Å². The van der Waals surface area contributed by atoms with Crippen LogP contribution in [0, 0.1) is 12.7 Å². The lowest BCUT2D eigenvalue weighted by Crippen LogP contribution is -2.08. The maximum absolute atomic E-state index is 12.8. The van der Waals surface area contributed by atoms with Crippen molar-refractivity contribution in [2.24, 2.45) is 0 Å². The molecular formula is C14H14BrFN2. The van der Waals surface area contributed by atoms with E-state index in [0.29, 0.717) is 0 Å². The second kappa shape index (κ2) is 5.48. The SMILES string of the molecule is Cc1cc(NC(C)c2ccc(F)cc2)ncc1Br. The molecule has 1 unspecified atom stereocenters. The van der Waals surface area contributed by atoms with E-state index in [4.69, 9.17) is 0 Å². The van der Waals surface area contributed by atoms with Gasteiger partial charge in [-0.3, -0.25) is 0 Å². The Morgan fingerprint density at radius 1 is 1.28 bits per heavy atom. The first-order valence-corrected chi connectivity index (χ1v) is 6.49. The first-order chi connectivity index (χ1) is 8.56. The Balaban J connectivity index is 2.13. The van der Waals surface area contributed by atoms with Crippen molar-refractivity contribution in [2.45, 2.75) is 19.9 Å². The Hall–Kier alpha value is -1.42. The summed E-state index contributed by atoms with van der Waals surface area (Å²) in [5, 5.41) is 3.29. The molecule has 2 rings (SSSR count). The molecule has 0 spiro atoms. The summed E-state index contributed by atoms with van der Waals surface area (Å²) in [6.07, 6.45) is 1.77. The molecule has 1 aromatic heterocycles. The second-order valence-corrected chi connectivity index (χ2v) is 5.09. The number of aromatic nitrogens is 1. The predicted octanol–water partition coefficient (Wildman–Crippen LogP) is 4.46. The smallest absolute Gasteiger partial charge is 0.126 e. The maximum Gasteiger partial charge on any atom is 0.126 e. The average molecular weight is 309 g/mol. The largest absolute Gasteiger partial charge is 0.364 e. The number of nitrogens with one attached hydrogen (secondary N) is 1. The first kappa shape index (κ1) is 13.0. The number of anilines is 1. The fourth-order valence-corrected chi connectivity index (χ4v) is 1.89. The van der Waals surface area contributed by atoms with E-state index in [0.717, 1.165) is 21.4 Å². The monoisotopic (exact) mass is 308 g/mol. The van der Waals surface area contributed by atoms with E-state index in [1.165, 1.54) is 12.1 Å². The highest BCUT2D eigenvalue weighted by Crippen LogP contribution is 2.21. The van der Waals surface area contributed by atoms with Crippen LogP contribution in [-0.2, 0) is 0 Å². The van der Waals surface area contributed by atoms with Crippen molar-refractivity contribution >= 4 is 21.7 Å². The molecule has 18 heavy (non-hydrogen) atoms. The molecule has 0 aliphatic rings. The molecule has 2 aromatic rings. The van der Waals surface area contributed by atoms with Crippen molar-refractivity contribution in [1.29, 1.82) is 0 Å². The standard InChI is InChI=1S/C14H14BrFN2/c1-9-7-14(17-8-13(9)15)18-10(2)11-3-5-12(16)6-4-11/h3-8,10H,1-2H3,(H,17,18). The van der Waals surface area contributed by atoms with E-state index in [-0.39, 0.29) is 11.9 Å². The summed E-state index contributed by atoms with van der Waals surface area (Å²) in [5.41, 5.74) is 2.15. The third-order valence-electron chi connectivity index (χ3n) is 2.78. The van der Waals surface area contributed by atoms with Gasteiger partial charge in [-0.1, -0.05) is 12.1 Å². The zero-order chi connectivity index (χ0) is 13.1. The van der Waals surface area contributed by atoms with E-state index in [9.17, 15) is 4.39 Å². The van der Waals surface area contributed by atoms with Gasteiger partial charge in [-0.25, -0.2) is 9.37 Å². The lowest BCUT2D eigenvalue weighted by molar-refractivity contribution is 0.626. The molecule has 94 valence electrons. The summed E-state index contributed by atoms with van der Waals surface area (Å²) in [6, 6.07) is 8.54. The summed E-state index contributed by atoms with van der Waals surface area (Å²) in [4.78, 5) is 4.29. The third kappa shape index (κ3) is 3.07. The molecular weight excluding hydrogens is 295 g/mol. The van der Waals surface area contributed by atoms with Crippen LogP contribution in [0.5, 0.6) is 0 Å². The number of hydrogen-bond acceptors (Lipinski definition) is 2. The third-order valence-corrected chi connectivity index (χ3v) is 3.61.